The second-order valence-electron chi connectivity index (χ2n) is 17.9. The Bertz CT molecular complexity index is 1970. The molecular weight excluding hydrogens is 689 g/mol. The lowest BCUT2D eigenvalue weighted by Gasteiger charge is -2.48. The van der Waals surface area contributed by atoms with Crippen LogP contribution in [0.1, 0.15) is 138 Å². The number of unbranched alkanes of at least 4 members (excludes halogenated alkanes) is 5. The number of phenolic OH excluding ortho intramolecular Hbond substituents is 1. The maximum atomic E-state index is 13.4. The number of hydrogen-bond donors (Lipinski definition) is 3. The number of phenols is 1. The average molecular weight is 755 g/mol. The first-order valence-electron chi connectivity index (χ1n) is 22.2. The Morgan fingerprint density at radius 1 is 0.804 bits per heavy atom. The van der Waals surface area contributed by atoms with Crippen LogP contribution in [-0.4, -0.2) is 27.9 Å². The number of aliphatic hydroxyl groups is 1. The number of aryl methyl sites for hydroxylation is 1. The average Bonchev–Trinajstić information content (AvgIpc) is 3.68. The lowest BCUT2D eigenvalue weighted by Crippen LogP contribution is -2.47. The van der Waals surface area contributed by atoms with Gasteiger partial charge in [-0.3, -0.25) is 4.79 Å². The number of carbonyl (C=O) groups is 1. The molecule has 4 aliphatic carbocycles. The van der Waals surface area contributed by atoms with E-state index in [1.807, 2.05) is 6.07 Å². The smallest absolute Gasteiger partial charge is 0.307 e. The Morgan fingerprint density at radius 2 is 1.59 bits per heavy atom. The van der Waals surface area contributed by atoms with Crippen molar-refractivity contribution in [2.24, 2.45) is 29.6 Å². The molecule has 7 rings (SSSR count). The van der Waals surface area contributed by atoms with Crippen molar-refractivity contribution in [1.29, 1.82) is 0 Å². The topological polar surface area (TPSA) is 77.8 Å². The van der Waals surface area contributed by atoms with Crippen molar-refractivity contribution in [3.8, 4) is 5.75 Å². The summed E-state index contributed by atoms with van der Waals surface area (Å²) >= 11 is 0. The lowest BCUT2D eigenvalue weighted by molar-refractivity contribution is -0.145. The summed E-state index contributed by atoms with van der Waals surface area (Å²) in [5, 5.41) is 34.1. The number of aliphatic hydroxyl groups excluding tert-OH is 1. The van der Waals surface area contributed by atoms with Gasteiger partial charge in [-0.1, -0.05) is 136 Å². The highest BCUT2D eigenvalue weighted by Crippen LogP contribution is 2.52. The molecule has 4 nitrogen and oxygen atoms in total. The molecule has 0 aliphatic heterocycles. The number of aliphatic carboxylic acids is 1. The lowest BCUT2D eigenvalue weighted by atomic mass is 9.55. The fraction of sp³-hybridized carbons (Fsp3) is 0.519. The Hall–Kier alpha value is -3.89. The highest BCUT2D eigenvalue weighted by molar-refractivity contribution is 5.73. The number of rotatable bonds is 14. The molecule has 3 aromatic rings. The molecule has 4 heteroatoms. The SMILES string of the molecule is CCCCCc1cc([C@H]2Cc3cccc(c3)[C@@]3(CC[C@H]4C=c5ccccc5=C[C@@H]4C3)[C@H](C(=O)O)CC=CC[C@@H]2CCCCCC[C@H]2C=C(CO)CC2)ccc1O. The molecule has 2 bridgehead atoms. The van der Waals surface area contributed by atoms with Crippen LogP contribution in [0, 0.1) is 29.6 Å². The van der Waals surface area contributed by atoms with Crippen molar-refractivity contribution < 1.29 is 20.1 Å². The number of hydrogen-bond acceptors (Lipinski definition) is 3. The molecule has 0 radical (unpaired) electrons. The number of carboxylic acids is 1. The van der Waals surface area contributed by atoms with E-state index >= 15 is 0 Å². The van der Waals surface area contributed by atoms with Gasteiger partial charge in [0.15, 0.2) is 0 Å². The first kappa shape index (κ1) is 40.3. The van der Waals surface area contributed by atoms with E-state index in [-0.39, 0.29) is 6.61 Å². The minimum absolute atomic E-state index is 0.213. The molecule has 0 amide bonds. The zero-order valence-electron chi connectivity index (χ0n) is 33.9. The van der Waals surface area contributed by atoms with E-state index in [0.717, 1.165) is 76.2 Å². The zero-order valence-corrected chi connectivity index (χ0v) is 33.9. The van der Waals surface area contributed by atoms with Gasteiger partial charge in [0.05, 0.1) is 12.5 Å². The number of carboxylic acid groups (broad SMARTS) is 1. The van der Waals surface area contributed by atoms with Gasteiger partial charge >= 0.3 is 5.97 Å². The normalized spacial score (nSPS) is 27.2. The number of benzene rings is 3. The molecule has 0 heterocycles. The fourth-order valence-electron chi connectivity index (χ4n) is 11.1. The summed E-state index contributed by atoms with van der Waals surface area (Å²) in [6.07, 6.45) is 30.6. The van der Waals surface area contributed by atoms with Crippen molar-refractivity contribution in [1.82, 2.24) is 0 Å². The molecule has 7 atom stereocenters. The summed E-state index contributed by atoms with van der Waals surface area (Å²) in [7, 11) is 0. The molecule has 0 aromatic heterocycles. The Balaban J connectivity index is 1.18. The van der Waals surface area contributed by atoms with Crippen molar-refractivity contribution >= 4 is 18.1 Å². The molecule has 4 aliphatic rings. The van der Waals surface area contributed by atoms with Gasteiger partial charge in [-0.2, -0.15) is 0 Å². The van der Waals surface area contributed by atoms with Gasteiger partial charge in [-0.15, -0.1) is 0 Å². The minimum atomic E-state index is -0.675. The van der Waals surface area contributed by atoms with Gasteiger partial charge in [-0.05, 0) is 151 Å². The number of aromatic hydroxyl groups is 1. The number of fused-ring (bicyclic) bond motifs is 5. The third-order valence-electron chi connectivity index (χ3n) is 14.3. The summed E-state index contributed by atoms with van der Waals surface area (Å²) in [5.74, 6) is 1.34. The van der Waals surface area contributed by atoms with Gasteiger partial charge in [0.2, 0.25) is 0 Å². The summed E-state index contributed by atoms with van der Waals surface area (Å²) in [6, 6.07) is 24.2. The molecule has 56 heavy (non-hydrogen) atoms. The van der Waals surface area contributed by atoms with Crippen LogP contribution in [-0.2, 0) is 23.1 Å². The maximum absolute atomic E-state index is 13.4. The van der Waals surface area contributed by atoms with E-state index in [1.165, 1.54) is 71.2 Å². The Morgan fingerprint density at radius 3 is 2.36 bits per heavy atom. The van der Waals surface area contributed by atoms with E-state index in [4.69, 9.17) is 0 Å². The number of allylic oxidation sites excluding steroid dienone is 3. The molecule has 3 N–H and O–H groups in total. The van der Waals surface area contributed by atoms with E-state index in [1.54, 1.807) is 0 Å². The first-order valence-corrected chi connectivity index (χ1v) is 22.2. The van der Waals surface area contributed by atoms with Crippen LogP contribution in [0.3, 0.4) is 0 Å². The van der Waals surface area contributed by atoms with Crippen LogP contribution in [0.4, 0.5) is 0 Å². The predicted molar refractivity (Wildman–Crippen MR) is 230 cm³/mol. The second kappa shape index (κ2) is 19.0. The highest BCUT2D eigenvalue weighted by atomic mass is 16.4. The third kappa shape index (κ3) is 9.45. The van der Waals surface area contributed by atoms with Gasteiger partial charge in [0, 0.05) is 5.41 Å². The molecule has 0 saturated heterocycles. The summed E-state index contributed by atoms with van der Waals surface area (Å²) < 4.78 is 0. The third-order valence-corrected chi connectivity index (χ3v) is 14.3. The van der Waals surface area contributed by atoms with E-state index in [2.05, 4.69) is 98.0 Å². The standard InChI is InChI=1S/C52H66O4/c1-2-3-6-20-45-34-44(25-26-50(45)54)48-31-38-15-13-21-47(30-38)52(28-27-43-32-41-18-9-10-19-42(41)33-46(43)35-52)49(51(55)56)22-12-11-17-40(48)16-8-5-4-7-14-37-23-24-39(29-37)36-53/h9-13,15,18-19,21,25-26,29-30,32-34,37,40,43,46,48-49,53-54H,2-8,14,16-17,20,22-24,27-28,31,35-36H2,1H3,(H,55,56)/t37-,40+,43+,46-,48+,49+,52+/m1/s1. The monoisotopic (exact) mass is 754 g/mol. The predicted octanol–water partition coefficient (Wildman–Crippen LogP) is 10.7. The van der Waals surface area contributed by atoms with Crippen LogP contribution in [0.15, 0.2) is 90.5 Å². The zero-order chi connectivity index (χ0) is 38.9. The largest absolute Gasteiger partial charge is 0.508 e. The van der Waals surface area contributed by atoms with Gasteiger partial charge in [0.1, 0.15) is 5.75 Å². The van der Waals surface area contributed by atoms with Crippen LogP contribution < -0.4 is 10.4 Å². The Labute approximate surface area is 336 Å². The minimum Gasteiger partial charge on any atom is -0.508 e. The van der Waals surface area contributed by atoms with Crippen molar-refractivity contribution in [3.05, 3.63) is 123 Å². The fourth-order valence-corrected chi connectivity index (χ4v) is 11.1. The van der Waals surface area contributed by atoms with Gasteiger partial charge < -0.3 is 15.3 Å². The van der Waals surface area contributed by atoms with E-state index < -0.39 is 17.3 Å². The maximum Gasteiger partial charge on any atom is 0.307 e. The first-order chi connectivity index (χ1) is 27.4. The van der Waals surface area contributed by atoms with Gasteiger partial charge in [0.25, 0.3) is 0 Å². The van der Waals surface area contributed by atoms with E-state index in [0.29, 0.717) is 41.8 Å². The highest BCUT2D eigenvalue weighted by Gasteiger charge is 2.49. The van der Waals surface area contributed by atoms with E-state index in [9.17, 15) is 20.1 Å². The molecule has 3 aromatic carbocycles. The van der Waals surface area contributed by atoms with Crippen LogP contribution in [0.2, 0.25) is 0 Å². The molecule has 1 saturated carbocycles. The van der Waals surface area contributed by atoms with Gasteiger partial charge in [-0.25, -0.2) is 0 Å². The molecular formula is C52H66O4. The van der Waals surface area contributed by atoms with Crippen molar-refractivity contribution in [2.45, 2.75) is 134 Å². The van der Waals surface area contributed by atoms with Crippen LogP contribution in [0.5, 0.6) is 5.75 Å². The summed E-state index contributed by atoms with van der Waals surface area (Å²) in [4.78, 5) is 13.4. The molecule has 0 unspecified atom stereocenters. The quantitative estimate of drug-likeness (QED) is 0.113. The molecule has 1 fully saturated rings. The van der Waals surface area contributed by atoms with Crippen LogP contribution >= 0.6 is 0 Å². The molecule has 1 spiro atoms. The van der Waals surface area contributed by atoms with Crippen molar-refractivity contribution in [2.75, 3.05) is 6.61 Å². The Kier molecular flexibility index (Phi) is 13.7. The molecule has 298 valence electrons. The summed E-state index contributed by atoms with van der Waals surface area (Å²) in [5.41, 5.74) is 5.66. The second-order valence-corrected chi connectivity index (χ2v) is 17.9. The summed E-state index contributed by atoms with van der Waals surface area (Å²) in [6.45, 7) is 2.44. The van der Waals surface area contributed by atoms with Crippen molar-refractivity contribution in [3.63, 3.8) is 0 Å². The van der Waals surface area contributed by atoms with Crippen LogP contribution in [0.25, 0.3) is 12.2 Å².